The highest BCUT2D eigenvalue weighted by Gasteiger charge is 2.20. The van der Waals surface area contributed by atoms with Crippen molar-refractivity contribution < 1.29 is 19.4 Å². The summed E-state index contributed by atoms with van der Waals surface area (Å²) in [6.45, 7) is 5.20. The normalized spacial score (nSPS) is 13.9. The topological polar surface area (TPSA) is 89.6 Å². The lowest BCUT2D eigenvalue weighted by molar-refractivity contribution is -0.155. The highest BCUT2D eigenvalue weighted by molar-refractivity contribution is 5.78. The van der Waals surface area contributed by atoms with E-state index in [4.69, 9.17) is 15.6 Å². The summed E-state index contributed by atoms with van der Waals surface area (Å²) in [7, 11) is 0. The number of carbonyl (C=O) groups is 2. The van der Waals surface area contributed by atoms with E-state index in [2.05, 4.69) is 0 Å². The smallest absolute Gasteiger partial charge is 0.327 e. The lowest BCUT2D eigenvalue weighted by Gasteiger charge is -2.20. The maximum Gasteiger partial charge on any atom is 0.327 e. The van der Waals surface area contributed by atoms with Gasteiger partial charge in [-0.05, 0) is 20.8 Å². The maximum atomic E-state index is 11.3. The van der Waals surface area contributed by atoms with Gasteiger partial charge in [-0.2, -0.15) is 0 Å². The van der Waals surface area contributed by atoms with E-state index in [0.29, 0.717) is 0 Å². The van der Waals surface area contributed by atoms with Gasteiger partial charge in [-0.25, -0.2) is 4.79 Å². The summed E-state index contributed by atoms with van der Waals surface area (Å²) in [6, 6.07) is -0.913. The molecule has 0 saturated heterocycles. The van der Waals surface area contributed by atoms with E-state index in [1.807, 2.05) is 0 Å². The van der Waals surface area contributed by atoms with Gasteiger partial charge >= 0.3 is 11.9 Å². The van der Waals surface area contributed by atoms with Crippen LogP contribution in [0.1, 0.15) is 27.2 Å². The molecule has 0 bridgehead atoms. The average Bonchev–Trinajstić information content (AvgIpc) is 1.99. The Kier molecular flexibility index (Phi) is 5.00. The first-order valence-electron chi connectivity index (χ1n) is 4.59. The van der Waals surface area contributed by atoms with Crippen LogP contribution in [0.3, 0.4) is 0 Å². The standard InChI is InChI=1S/C10H17NO4/c1-10(2,3)15-9(14)7(11)5-4-6-8(12)13/h4-5,7H,6,11H2,1-3H3,(H,12,13)/b5-4+. The molecule has 0 aliphatic heterocycles. The quantitative estimate of drug-likeness (QED) is 0.532. The third kappa shape index (κ3) is 7.69. The zero-order chi connectivity index (χ0) is 12.1. The molecule has 5 nitrogen and oxygen atoms in total. The van der Waals surface area contributed by atoms with Crippen molar-refractivity contribution >= 4 is 11.9 Å². The van der Waals surface area contributed by atoms with Crippen molar-refractivity contribution in [2.75, 3.05) is 0 Å². The molecule has 1 atom stereocenters. The second-order valence-corrected chi connectivity index (χ2v) is 4.09. The van der Waals surface area contributed by atoms with Gasteiger partial charge in [0.05, 0.1) is 6.42 Å². The molecule has 86 valence electrons. The van der Waals surface area contributed by atoms with E-state index in [9.17, 15) is 9.59 Å². The van der Waals surface area contributed by atoms with Crippen molar-refractivity contribution in [3.63, 3.8) is 0 Å². The number of carbonyl (C=O) groups excluding carboxylic acids is 1. The van der Waals surface area contributed by atoms with Gasteiger partial charge in [0.15, 0.2) is 0 Å². The molecule has 3 N–H and O–H groups in total. The molecule has 0 amide bonds. The monoisotopic (exact) mass is 215 g/mol. The average molecular weight is 215 g/mol. The van der Waals surface area contributed by atoms with Crippen LogP contribution in [0.5, 0.6) is 0 Å². The van der Waals surface area contributed by atoms with Crippen LogP contribution in [0.4, 0.5) is 0 Å². The lowest BCUT2D eigenvalue weighted by Crippen LogP contribution is -2.35. The van der Waals surface area contributed by atoms with Gasteiger partial charge in [0, 0.05) is 0 Å². The van der Waals surface area contributed by atoms with E-state index in [1.54, 1.807) is 20.8 Å². The summed E-state index contributed by atoms with van der Waals surface area (Å²) in [6.07, 6.45) is 2.50. The van der Waals surface area contributed by atoms with E-state index in [0.717, 1.165) is 0 Å². The Hall–Kier alpha value is -1.36. The number of rotatable bonds is 4. The number of hydrogen-bond donors (Lipinski definition) is 2. The minimum absolute atomic E-state index is 0.156. The zero-order valence-corrected chi connectivity index (χ0v) is 9.19. The zero-order valence-electron chi connectivity index (χ0n) is 9.19. The van der Waals surface area contributed by atoms with Crippen molar-refractivity contribution in [3.8, 4) is 0 Å². The number of carboxylic acid groups (broad SMARTS) is 1. The van der Waals surface area contributed by atoms with Gasteiger partial charge in [0.1, 0.15) is 11.6 Å². The second-order valence-electron chi connectivity index (χ2n) is 4.09. The van der Waals surface area contributed by atoms with Gasteiger partial charge in [-0.1, -0.05) is 12.2 Å². The van der Waals surface area contributed by atoms with Crippen molar-refractivity contribution in [1.82, 2.24) is 0 Å². The Morgan fingerprint density at radius 3 is 2.40 bits per heavy atom. The predicted octanol–water partition coefficient (Wildman–Crippen LogP) is 0.686. The number of hydrogen-bond acceptors (Lipinski definition) is 4. The number of aliphatic carboxylic acids is 1. The van der Waals surface area contributed by atoms with Crippen LogP contribution in [0, 0.1) is 0 Å². The largest absolute Gasteiger partial charge is 0.481 e. The molecule has 0 spiro atoms. The Balaban J connectivity index is 4.10. The molecule has 0 aromatic rings. The Labute approximate surface area is 88.9 Å². The van der Waals surface area contributed by atoms with Gasteiger partial charge < -0.3 is 15.6 Å². The van der Waals surface area contributed by atoms with Crippen LogP contribution in [0.25, 0.3) is 0 Å². The van der Waals surface area contributed by atoms with Crippen molar-refractivity contribution in [2.45, 2.75) is 38.8 Å². The summed E-state index contributed by atoms with van der Waals surface area (Å²) in [5, 5.41) is 8.34. The van der Waals surface area contributed by atoms with E-state index < -0.39 is 23.6 Å². The number of ether oxygens (including phenoxy) is 1. The van der Waals surface area contributed by atoms with Crippen LogP contribution >= 0.6 is 0 Å². The van der Waals surface area contributed by atoms with Gasteiger partial charge in [-0.15, -0.1) is 0 Å². The molecule has 0 aliphatic carbocycles. The third-order valence-electron chi connectivity index (χ3n) is 1.31. The Morgan fingerprint density at radius 2 is 2.00 bits per heavy atom. The van der Waals surface area contributed by atoms with Gasteiger partial charge in [-0.3, -0.25) is 4.79 Å². The number of carboxylic acids is 1. The molecule has 0 aromatic heterocycles. The molecule has 0 heterocycles. The highest BCUT2D eigenvalue weighted by Crippen LogP contribution is 2.08. The molecule has 0 rings (SSSR count). The van der Waals surface area contributed by atoms with Crippen molar-refractivity contribution in [3.05, 3.63) is 12.2 Å². The van der Waals surface area contributed by atoms with Gasteiger partial charge in [0.25, 0.3) is 0 Å². The first kappa shape index (κ1) is 13.6. The SMILES string of the molecule is CC(C)(C)OC(=O)C(N)/C=C/CC(=O)O. The summed E-state index contributed by atoms with van der Waals surface area (Å²) in [4.78, 5) is 21.5. The summed E-state index contributed by atoms with van der Waals surface area (Å²) < 4.78 is 4.99. The Bertz CT molecular complexity index is 265. The molecule has 1 unspecified atom stereocenters. The van der Waals surface area contributed by atoms with E-state index >= 15 is 0 Å². The molecule has 0 fully saturated rings. The molecule has 0 saturated carbocycles. The van der Waals surface area contributed by atoms with Gasteiger partial charge in [0.2, 0.25) is 0 Å². The Morgan fingerprint density at radius 1 is 1.47 bits per heavy atom. The molecule has 0 aromatic carbocycles. The highest BCUT2D eigenvalue weighted by atomic mass is 16.6. The maximum absolute atomic E-state index is 11.3. The fraction of sp³-hybridized carbons (Fsp3) is 0.600. The third-order valence-corrected chi connectivity index (χ3v) is 1.31. The van der Waals surface area contributed by atoms with Crippen LogP contribution < -0.4 is 5.73 Å². The number of nitrogens with two attached hydrogens (primary N) is 1. The summed E-state index contributed by atoms with van der Waals surface area (Å²) in [5.41, 5.74) is 4.87. The van der Waals surface area contributed by atoms with Crippen molar-refractivity contribution in [2.24, 2.45) is 5.73 Å². The predicted molar refractivity (Wildman–Crippen MR) is 55.2 cm³/mol. The minimum atomic E-state index is -0.970. The molecule has 0 radical (unpaired) electrons. The van der Waals surface area contributed by atoms with Crippen LogP contribution in [0.15, 0.2) is 12.2 Å². The van der Waals surface area contributed by atoms with E-state index in [1.165, 1.54) is 12.2 Å². The summed E-state index contributed by atoms with van der Waals surface area (Å²) >= 11 is 0. The molecular formula is C10H17NO4. The van der Waals surface area contributed by atoms with Crippen LogP contribution in [0.2, 0.25) is 0 Å². The van der Waals surface area contributed by atoms with Crippen LogP contribution in [-0.4, -0.2) is 28.7 Å². The first-order valence-corrected chi connectivity index (χ1v) is 4.59. The second kappa shape index (κ2) is 5.50. The molecule has 0 aliphatic rings. The lowest BCUT2D eigenvalue weighted by atomic mass is 10.2. The number of esters is 1. The minimum Gasteiger partial charge on any atom is -0.481 e. The van der Waals surface area contributed by atoms with E-state index in [-0.39, 0.29) is 6.42 Å². The summed E-state index contributed by atoms with van der Waals surface area (Å²) in [5.74, 6) is -1.54. The van der Waals surface area contributed by atoms with Crippen LogP contribution in [-0.2, 0) is 14.3 Å². The fourth-order valence-corrected chi connectivity index (χ4v) is 0.764. The molecular weight excluding hydrogens is 198 g/mol. The fourth-order valence-electron chi connectivity index (χ4n) is 0.764. The molecule has 15 heavy (non-hydrogen) atoms. The first-order chi connectivity index (χ1) is 6.72. The molecule has 5 heteroatoms. The van der Waals surface area contributed by atoms with Crippen molar-refractivity contribution in [1.29, 1.82) is 0 Å².